The van der Waals surface area contributed by atoms with Gasteiger partial charge in [-0.25, -0.2) is 9.97 Å². The van der Waals surface area contributed by atoms with Crippen LogP contribution < -0.4 is 15.2 Å². The zero-order chi connectivity index (χ0) is 21.5. The molecule has 0 bridgehead atoms. The van der Waals surface area contributed by atoms with Crippen molar-refractivity contribution in [3.63, 3.8) is 0 Å². The van der Waals surface area contributed by atoms with E-state index in [9.17, 15) is 10.1 Å². The molecule has 4 heterocycles. The number of ether oxygens (including phenoxy) is 1. The molecule has 0 radical (unpaired) electrons. The lowest BCUT2D eigenvalue weighted by Crippen LogP contribution is -2.39. The van der Waals surface area contributed by atoms with E-state index >= 15 is 0 Å². The third-order valence-corrected chi connectivity index (χ3v) is 5.66. The Hall–Kier alpha value is -3.35. The van der Waals surface area contributed by atoms with E-state index in [0.717, 1.165) is 4.52 Å². The molecule has 1 N–H and O–H groups in total. The minimum atomic E-state index is -0.368. The molecule has 0 saturated carbocycles. The summed E-state index contributed by atoms with van der Waals surface area (Å²) in [7, 11) is 0. The van der Waals surface area contributed by atoms with Crippen LogP contribution in [0.5, 0.6) is 5.88 Å². The van der Waals surface area contributed by atoms with Crippen molar-refractivity contribution in [3.05, 3.63) is 56.6 Å². The van der Waals surface area contributed by atoms with E-state index < -0.39 is 0 Å². The molecule has 156 valence electrons. The van der Waals surface area contributed by atoms with Crippen molar-refractivity contribution >= 4 is 45.7 Å². The van der Waals surface area contributed by atoms with Crippen LogP contribution in [0, 0.1) is 11.3 Å². The van der Waals surface area contributed by atoms with E-state index in [4.69, 9.17) is 27.9 Å². The van der Waals surface area contributed by atoms with Gasteiger partial charge >= 0.3 is 0 Å². The molecule has 0 amide bonds. The first-order chi connectivity index (χ1) is 15.0. The predicted molar refractivity (Wildman–Crippen MR) is 116 cm³/mol. The van der Waals surface area contributed by atoms with Gasteiger partial charge in [-0.1, -0.05) is 23.2 Å². The molecule has 1 fully saturated rings. The van der Waals surface area contributed by atoms with Gasteiger partial charge in [0, 0.05) is 31.0 Å². The maximum atomic E-state index is 12.9. The van der Waals surface area contributed by atoms with E-state index in [1.807, 2.05) is 4.90 Å². The number of fused-ring (bicyclic) bond motifs is 2. The van der Waals surface area contributed by atoms with E-state index in [1.165, 1.54) is 0 Å². The van der Waals surface area contributed by atoms with E-state index in [2.05, 4.69) is 26.1 Å². The Bertz CT molecular complexity index is 1380. The first-order valence-electron chi connectivity index (χ1n) is 9.57. The van der Waals surface area contributed by atoms with Gasteiger partial charge in [0.15, 0.2) is 11.2 Å². The maximum Gasteiger partial charge on any atom is 0.282 e. The first kappa shape index (κ1) is 19.6. The molecule has 1 aromatic carbocycles. The fraction of sp³-hybridized carbons (Fsp3) is 0.250. The quantitative estimate of drug-likeness (QED) is 0.504. The molecular formula is C20H15Cl2N7O2. The summed E-state index contributed by atoms with van der Waals surface area (Å²) in [5.41, 5.74) is 0.690. The van der Waals surface area contributed by atoms with Crippen LogP contribution in [0.3, 0.4) is 0 Å². The van der Waals surface area contributed by atoms with Gasteiger partial charge < -0.3 is 14.6 Å². The summed E-state index contributed by atoms with van der Waals surface area (Å²) >= 11 is 11.9. The van der Waals surface area contributed by atoms with Crippen molar-refractivity contribution in [3.8, 4) is 11.9 Å². The van der Waals surface area contributed by atoms with Crippen LogP contribution in [0.2, 0.25) is 10.0 Å². The number of nitriles is 1. The lowest BCUT2D eigenvalue weighted by Gasteiger charge is -2.31. The van der Waals surface area contributed by atoms with Gasteiger partial charge in [-0.15, -0.1) is 5.10 Å². The van der Waals surface area contributed by atoms with Crippen LogP contribution in [0.15, 0.2) is 35.4 Å². The number of anilines is 1. The number of H-pyrrole nitrogens is 1. The van der Waals surface area contributed by atoms with Gasteiger partial charge in [0.1, 0.15) is 12.2 Å². The number of benzene rings is 1. The van der Waals surface area contributed by atoms with Crippen molar-refractivity contribution in [2.75, 3.05) is 18.0 Å². The lowest BCUT2D eigenvalue weighted by molar-refractivity contribution is 0.162. The number of aromatic nitrogens is 5. The molecule has 5 rings (SSSR count). The summed E-state index contributed by atoms with van der Waals surface area (Å²) < 4.78 is 7.20. The normalized spacial score (nSPS) is 14.8. The second-order valence-electron chi connectivity index (χ2n) is 7.18. The molecule has 0 spiro atoms. The van der Waals surface area contributed by atoms with Gasteiger partial charge in [0.25, 0.3) is 11.4 Å². The van der Waals surface area contributed by atoms with Gasteiger partial charge in [-0.05, 0) is 18.2 Å². The molecule has 1 saturated heterocycles. The van der Waals surface area contributed by atoms with E-state index in [1.54, 1.807) is 30.6 Å². The Morgan fingerprint density at radius 3 is 2.61 bits per heavy atom. The highest BCUT2D eigenvalue weighted by atomic mass is 35.5. The Labute approximate surface area is 185 Å². The topological polar surface area (TPSA) is 112 Å². The molecule has 4 aromatic rings. The number of halogens is 2. The minimum Gasteiger partial charge on any atom is -0.472 e. The second kappa shape index (κ2) is 7.72. The van der Waals surface area contributed by atoms with Crippen molar-refractivity contribution < 1.29 is 4.74 Å². The Morgan fingerprint density at radius 1 is 1.16 bits per heavy atom. The summed E-state index contributed by atoms with van der Waals surface area (Å²) in [6.07, 6.45) is 4.36. The molecule has 1 aliphatic rings. The van der Waals surface area contributed by atoms with Gasteiger partial charge in [-0.2, -0.15) is 9.78 Å². The molecular weight excluding hydrogens is 441 g/mol. The Balaban J connectivity index is 1.41. The molecule has 31 heavy (non-hydrogen) atoms. The number of rotatable bonds is 3. The number of nitrogens with zero attached hydrogens (tertiary/aromatic N) is 6. The third-order valence-electron chi connectivity index (χ3n) is 5.23. The van der Waals surface area contributed by atoms with Crippen LogP contribution in [-0.4, -0.2) is 43.8 Å². The fourth-order valence-electron chi connectivity index (χ4n) is 3.69. The highest BCUT2D eigenvalue weighted by Gasteiger charge is 2.26. The van der Waals surface area contributed by atoms with Crippen molar-refractivity contribution in [2.45, 2.75) is 18.9 Å². The zero-order valence-corrected chi connectivity index (χ0v) is 17.6. The molecule has 3 aromatic heterocycles. The number of hydrogen-bond donors (Lipinski definition) is 1. The molecule has 9 nitrogen and oxygen atoms in total. The first-order valence-corrected chi connectivity index (χ1v) is 10.3. The summed E-state index contributed by atoms with van der Waals surface area (Å²) in [6, 6.07) is 7.04. The standard InChI is InChI=1S/C20H15Cl2N7O2/c21-11-1-2-16-14(7-11)19(30)29-17(26-16)15(8-23)18(27-29)31-13-3-5-28(6-4-13)20-24-9-12(22)10-25-20/h1-2,7,9-10,13,26H,3-6H2. The van der Waals surface area contributed by atoms with E-state index in [0.29, 0.717) is 58.5 Å². The summed E-state index contributed by atoms with van der Waals surface area (Å²) in [6.45, 7) is 1.37. The zero-order valence-electron chi connectivity index (χ0n) is 16.0. The summed E-state index contributed by atoms with van der Waals surface area (Å²) in [5, 5.41) is 15.3. The van der Waals surface area contributed by atoms with Gasteiger partial charge in [0.05, 0.1) is 28.3 Å². The fourth-order valence-corrected chi connectivity index (χ4v) is 3.96. The highest BCUT2D eigenvalue weighted by Crippen LogP contribution is 2.26. The number of nitrogens with one attached hydrogen (secondary N) is 1. The maximum absolute atomic E-state index is 12.9. The van der Waals surface area contributed by atoms with Crippen molar-refractivity contribution in [2.24, 2.45) is 0 Å². The SMILES string of the molecule is N#Cc1c(OC2CCN(c3ncc(Cl)cn3)CC2)nn2c(=O)c3cc(Cl)ccc3[nH]c12. The van der Waals surface area contributed by atoms with Crippen LogP contribution in [0.25, 0.3) is 16.6 Å². The molecule has 11 heteroatoms. The predicted octanol–water partition coefficient (Wildman–Crippen LogP) is 3.19. The van der Waals surface area contributed by atoms with Crippen LogP contribution >= 0.6 is 23.2 Å². The summed E-state index contributed by atoms with van der Waals surface area (Å²) in [4.78, 5) is 26.5. The van der Waals surface area contributed by atoms with Crippen molar-refractivity contribution in [1.82, 2.24) is 24.6 Å². The van der Waals surface area contributed by atoms with E-state index in [-0.39, 0.29) is 23.1 Å². The monoisotopic (exact) mass is 455 g/mol. The van der Waals surface area contributed by atoms with Crippen molar-refractivity contribution in [1.29, 1.82) is 5.26 Å². The van der Waals surface area contributed by atoms with Gasteiger partial charge in [-0.3, -0.25) is 4.79 Å². The molecule has 1 aliphatic heterocycles. The smallest absolute Gasteiger partial charge is 0.282 e. The third kappa shape index (κ3) is 3.54. The molecule has 0 unspecified atom stereocenters. The van der Waals surface area contributed by atoms with Crippen LogP contribution in [0.4, 0.5) is 5.95 Å². The minimum absolute atomic E-state index is 0.137. The molecule has 0 atom stereocenters. The number of aromatic amines is 1. The van der Waals surface area contributed by atoms with Crippen LogP contribution in [0.1, 0.15) is 18.4 Å². The summed E-state index contributed by atoms with van der Waals surface area (Å²) in [5.74, 6) is 0.752. The highest BCUT2D eigenvalue weighted by molar-refractivity contribution is 6.31. The number of piperidine rings is 1. The Kier molecular flexibility index (Phi) is 4.88. The van der Waals surface area contributed by atoms with Gasteiger partial charge in [0.2, 0.25) is 5.95 Å². The Morgan fingerprint density at radius 2 is 1.90 bits per heavy atom. The largest absolute Gasteiger partial charge is 0.472 e. The second-order valence-corrected chi connectivity index (χ2v) is 8.05. The lowest BCUT2D eigenvalue weighted by atomic mass is 10.1. The molecule has 0 aliphatic carbocycles. The average Bonchev–Trinajstić information content (AvgIpc) is 3.13. The van der Waals surface area contributed by atoms with Crippen LogP contribution in [-0.2, 0) is 0 Å². The average molecular weight is 456 g/mol. The number of hydrogen-bond acceptors (Lipinski definition) is 7.